The summed E-state index contributed by atoms with van der Waals surface area (Å²) in [4.78, 5) is 16.6. The van der Waals surface area contributed by atoms with Gasteiger partial charge in [0.1, 0.15) is 0 Å². The number of hydrogen-bond acceptors (Lipinski definition) is 4. The fourth-order valence-corrected chi connectivity index (χ4v) is 3.29. The van der Waals surface area contributed by atoms with E-state index in [2.05, 4.69) is 16.7 Å². The highest BCUT2D eigenvalue weighted by molar-refractivity contribution is 5.72. The minimum atomic E-state index is -0.00995. The molecular formula is C14H26N2O2. The predicted molar refractivity (Wildman–Crippen MR) is 71.4 cm³/mol. The Balaban J connectivity index is 1.75. The van der Waals surface area contributed by atoms with Gasteiger partial charge in [-0.25, -0.2) is 0 Å². The minimum absolute atomic E-state index is 0.00995. The molecule has 0 N–H and O–H groups in total. The molecule has 104 valence electrons. The van der Waals surface area contributed by atoms with E-state index in [1.807, 2.05) is 0 Å². The van der Waals surface area contributed by atoms with Gasteiger partial charge in [-0.2, -0.15) is 0 Å². The number of carbonyl (C=O) groups is 1. The van der Waals surface area contributed by atoms with Crippen molar-refractivity contribution in [2.75, 3.05) is 39.8 Å². The van der Waals surface area contributed by atoms with E-state index in [1.165, 1.54) is 39.8 Å². The van der Waals surface area contributed by atoms with Crippen molar-refractivity contribution in [3.8, 4) is 0 Å². The van der Waals surface area contributed by atoms with Crippen molar-refractivity contribution in [1.82, 2.24) is 9.80 Å². The second-order valence-electron chi connectivity index (χ2n) is 5.50. The van der Waals surface area contributed by atoms with E-state index in [1.54, 1.807) is 0 Å². The highest BCUT2D eigenvalue weighted by Gasteiger charge is 2.31. The molecule has 2 fully saturated rings. The number of methoxy groups -OCH3 is 1. The largest absolute Gasteiger partial charge is 0.469 e. The van der Waals surface area contributed by atoms with Gasteiger partial charge in [0, 0.05) is 32.2 Å². The van der Waals surface area contributed by atoms with Crippen molar-refractivity contribution in [3.63, 3.8) is 0 Å². The van der Waals surface area contributed by atoms with Crippen molar-refractivity contribution in [2.45, 2.75) is 38.6 Å². The Morgan fingerprint density at radius 3 is 2.22 bits per heavy atom. The first-order chi connectivity index (χ1) is 8.74. The molecule has 1 saturated carbocycles. The van der Waals surface area contributed by atoms with Crippen LogP contribution in [0.1, 0.15) is 32.6 Å². The van der Waals surface area contributed by atoms with E-state index >= 15 is 0 Å². The number of likely N-dealkylation sites (N-methyl/N-ethyl adjacent to an activating group) is 1. The SMILES string of the molecule is CCN1CCN(C2CCC(C(=O)OC)CC2)CC1. The number of nitrogens with zero attached hydrogens (tertiary/aromatic N) is 2. The van der Waals surface area contributed by atoms with E-state index in [-0.39, 0.29) is 11.9 Å². The molecule has 1 heterocycles. The number of piperazine rings is 1. The lowest BCUT2D eigenvalue weighted by atomic mass is 9.85. The summed E-state index contributed by atoms with van der Waals surface area (Å²) in [7, 11) is 1.50. The summed E-state index contributed by atoms with van der Waals surface area (Å²) in [6.07, 6.45) is 4.33. The molecule has 0 amide bonds. The Morgan fingerprint density at radius 1 is 1.11 bits per heavy atom. The molecule has 1 saturated heterocycles. The molecule has 0 radical (unpaired) electrons. The first-order valence-electron chi connectivity index (χ1n) is 7.28. The summed E-state index contributed by atoms with van der Waals surface area (Å²) in [5, 5.41) is 0. The zero-order chi connectivity index (χ0) is 13.0. The maximum Gasteiger partial charge on any atom is 0.308 e. The third kappa shape index (κ3) is 3.23. The average Bonchev–Trinajstić information content (AvgIpc) is 2.47. The van der Waals surface area contributed by atoms with Gasteiger partial charge >= 0.3 is 5.97 Å². The molecule has 0 spiro atoms. The lowest BCUT2D eigenvalue weighted by molar-refractivity contribution is -0.147. The van der Waals surface area contributed by atoms with Crippen LogP contribution in [0.3, 0.4) is 0 Å². The second-order valence-corrected chi connectivity index (χ2v) is 5.50. The van der Waals surface area contributed by atoms with Crippen LogP contribution in [0.15, 0.2) is 0 Å². The molecule has 0 bridgehead atoms. The van der Waals surface area contributed by atoms with Crippen LogP contribution in [-0.4, -0.2) is 61.6 Å². The zero-order valence-corrected chi connectivity index (χ0v) is 11.7. The molecule has 0 aromatic rings. The van der Waals surface area contributed by atoms with E-state index in [9.17, 15) is 4.79 Å². The van der Waals surface area contributed by atoms with Gasteiger partial charge in [0.25, 0.3) is 0 Å². The summed E-state index contributed by atoms with van der Waals surface area (Å²) in [6, 6.07) is 0.699. The summed E-state index contributed by atoms with van der Waals surface area (Å²) in [5.74, 6) is 0.146. The summed E-state index contributed by atoms with van der Waals surface area (Å²) in [6.45, 7) is 8.20. The Bertz CT molecular complexity index is 267. The van der Waals surface area contributed by atoms with Gasteiger partial charge in [0.05, 0.1) is 13.0 Å². The summed E-state index contributed by atoms with van der Waals surface area (Å²) >= 11 is 0. The first kappa shape index (κ1) is 13.8. The molecule has 4 heteroatoms. The minimum Gasteiger partial charge on any atom is -0.469 e. The third-order valence-corrected chi connectivity index (χ3v) is 4.60. The molecule has 0 aromatic heterocycles. The number of hydrogen-bond donors (Lipinski definition) is 0. The standard InChI is InChI=1S/C14H26N2O2/c1-3-15-8-10-16(11-9-15)13-6-4-12(5-7-13)14(17)18-2/h12-13H,3-11H2,1-2H3. The van der Waals surface area contributed by atoms with Crippen LogP contribution in [0.5, 0.6) is 0 Å². The van der Waals surface area contributed by atoms with Crippen molar-refractivity contribution in [1.29, 1.82) is 0 Å². The molecule has 4 nitrogen and oxygen atoms in total. The fourth-order valence-electron chi connectivity index (χ4n) is 3.29. The van der Waals surface area contributed by atoms with Gasteiger partial charge in [-0.15, -0.1) is 0 Å². The van der Waals surface area contributed by atoms with Crippen molar-refractivity contribution < 1.29 is 9.53 Å². The third-order valence-electron chi connectivity index (χ3n) is 4.60. The number of ether oxygens (including phenoxy) is 1. The second kappa shape index (κ2) is 6.53. The monoisotopic (exact) mass is 254 g/mol. The van der Waals surface area contributed by atoms with E-state index in [4.69, 9.17) is 4.74 Å². The molecule has 2 rings (SSSR count). The van der Waals surface area contributed by atoms with Crippen molar-refractivity contribution >= 4 is 5.97 Å². The van der Waals surface area contributed by atoms with Gasteiger partial charge in [0.15, 0.2) is 0 Å². The fraction of sp³-hybridized carbons (Fsp3) is 0.929. The van der Waals surface area contributed by atoms with E-state index in [0.717, 1.165) is 25.7 Å². The van der Waals surface area contributed by atoms with Crippen LogP contribution in [0.25, 0.3) is 0 Å². The highest BCUT2D eigenvalue weighted by Crippen LogP contribution is 2.28. The highest BCUT2D eigenvalue weighted by atomic mass is 16.5. The molecule has 2 aliphatic rings. The molecule has 1 aliphatic heterocycles. The summed E-state index contributed by atoms with van der Waals surface area (Å²) in [5.41, 5.74) is 0. The number of rotatable bonds is 3. The van der Waals surface area contributed by atoms with Gasteiger partial charge < -0.3 is 9.64 Å². The topological polar surface area (TPSA) is 32.8 Å². The smallest absolute Gasteiger partial charge is 0.308 e. The molecular weight excluding hydrogens is 228 g/mol. The van der Waals surface area contributed by atoms with Crippen LogP contribution in [0.2, 0.25) is 0 Å². The van der Waals surface area contributed by atoms with Gasteiger partial charge in [-0.3, -0.25) is 9.69 Å². The Labute approximate surface area is 110 Å². The van der Waals surface area contributed by atoms with Crippen LogP contribution in [-0.2, 0) is 9.53 Å². The van der Waals surface area contributed by atoms with E-state index in [0.29, 0.717) is 6.04 Å². The first-order valence-corrected chi connectivity index (χ1v) is 7.28. The molecule has 18 heavy (non-hydrogen) atoms. The Hall–Kier alpha value is -0.610. The average molecular weight is 254 g/mol. The van der Waals surface area contributed by atoms with Crippen LogP contribution >= 0.6 is 0 Å². The number of esters is 1. The van der Waals surface area contributed by atoms with E-state index < -0.39 is 0 Å². The quantitative estimate of drug-likeness (QED) is 0.712. The molecule has 1 aliphatic carbocycles. The molecule has 0 aromatic carbocycles. The van der Waals surface area contributed by atoms with Gasteiger partial charge in [-0.1, -0.05) is 6.92 Å². The van der Waals surface area contributed by atoms with Crippen molar-refractivity contribution in [3.05, 3.63) is 0 Å². The zero-order valence-electron chi connectivity index (χ0n) is 11.7. The lowest BCUT2D eigenvalue weighted by Crippen LogP contribution is -2.51. The maximum absolute atomic E-state index is 11.5. The maximum atomic E-state index is 11.5. The number of carbonyl (C=O) groups excluding carboxylic acids is 1. The van der Waals surface area contributed by atoms with Crippen LogP contribution in [0.4, 0.5) is 0 Å². The normalized spacial score (nSPS) is 31.2. The molecule has 0 unspecified atom stereocenters. The van der Waals surface area contributed by atoms with Crippen LogP contribution < -0.4 is 0 Å². The van der Waals surface area contributed by atoms with Gasteiger partial charge in [0.2, 0.25) is 0 Å². The van der Waals surface area contributed by atoms with Crippen molar-refractivity contribution in [2.24, 2.45) is 5.92 Å². The molecule has 0 atom stereocenters. The van der Waals surface area contributed by atoms with Crippen LogP contribution in [0, 0.1) is 5.92 Å². The lowest BCUT2D eigenvalue weighted by Gasteiger charge is -2.41. The summed E-state index contributed by atoms with van der Waals surface area (Å²) < 4.78 is 4.84. The Morgan fingerprint density at radius 2 is 1.72 bits per heavy atom. The predicted octanol–water partition coefficient (Wildman–Crippen LogP) is 1.36. The Kier molecular flexibility index (Phi) is 5.01. The van der Waals surface area contributed by atoms with Gasteiger partial charge in [-0.05, 0) is 32.2 Å².